The van der Waals surface area contributed by atoms with Crippen LogP contribution in [0.2, 0.25) is 0 Å². The van der Waals surface area contributed by atoms with E-state index in [1.807, 2.05) is 0 Å². The molecule has 1 aliphatic rings. The zero-order chi connectivity index (χ0) is 15.4. The van der Waals surface area contributed by atoms with Gasteiger partial charge in [-0.1, -0.05) is 25.3 Å². The lowest BCUT2D eigenvalue weighted by Crippen LogP contribution is -2.38. The molecule has 1 amide bonds. The third kappa shape index (κ3) is 3.83. The van der Waals surface area contributed by atoms with Crippen LogP contribution in [0, 0.1) is 5.92 Å². The quantitative estimate of drug-likeness (QED) is 0.727. The zero-order valence-corrected chi connectivity index (χ0v) is 13.2. The molecule has 1 aliphatic carbocycles. The van der Waals surface area contributed by atoms with Crippen LogP contribution >= 0.6 is 15.9 Å². The average molecular weight is 355 g/mol. The number of nitrogens with one attached hydrogen (secondary N) is 1. The molecule has 5 nitrogen and oxygen atoms in total. The minimum atomic E-state index is -1.07. The molecule has 2 atom stereocenters. The third-order valence-corrected chi connectivity index (χ3v) is 4.56. The molecular formula is C15H19BrN2O3. The second-order valence-corrected chi connectivity index (χ2v) is 6.22. The lowest BCUT2D eigenvalue weighted by molar-refractivity contribution is -0.120. The standard InChI is InChI=1S/C15H19BrN2O3/c16-11-7-4-6-10(15(20)21)13(11)18-14(19)9-5-2-1-3-8-12(9)17/h4,6-7,9,12H,1-3,5,8,17H2,(H,18,19)(H,20,21). The van der Waals surface area contributed by atoms with E-state index in [9.17, 15) is 14.7 Å². The average Bonchev–Trinajstić information content (AvgIpc) is 2.65. The van der Waals surface area contributed by atoms with Gasteiger partial charge in [0.2, 0.25) is 5.91 Å². The monoisotopic (exact) mass is 354 g/mol. The molecule has 1 saturated carbocycles. The topological polar surface area (TPSA) is 92.4 Å². The fourth-order valence-electron chi connectivity index (χ4n) is 2.71. The van der Waals surface area contributed by atoms with E-state index in [4.69, 9.17) is 5.73 Å². The molecule has 1 aromatic rings. The Balaban J connectivity index is 2.21. The van der Waals surface area contributed by atoms with Gasteiger partial charge in [0.15, 0.2) is 0 Å². The van der Waals surface area contributed by atoms with Crippen molar-refractivity contribution in [2.45, 2.75) is 38.1 Å². The Bertz CT molecular complexity index is 548. The molecular weight excluding hydrogens is 336 g/mol. The normalized spacial score (nSPS) is 22.4. The molecule has 114 valence electrons. The van der Waals surface area contributed by atoms with Crippen molar-refractivity contribution in [3.8, 4) is 0 Å². The van der Waals surface area contributed by atoms with Crippen molar-refractivity contribution in [3.05, 3.63) is 28.2 Å². The summed E-state index contributed by atoms with van der Waals surface area (Å²) in [5.41, 5.74) is 6.45. The first kappa shape index (κ1) is 16.0. The van der Waals surface area contributed by atoms with Gasteiger partial charge in [-0.25, -0.2) is 4.79 Å². The van der Waals surface area contributed by atoms with Gasteiger partial charge in [-0.05, 0) is 40.9 Å². The third-order valence-electron chi connectivity index (χ3n) is 3.90. The van der Waals surface area contributed by atoms with E-state index in [0.29, 0.717) is 10.2 Å². The molecule has 0 saturated heterocycles. The smallest absolute Gasteiger partial charge is 0.337 e. The Labute approximate surface area is 132 Å². The molecule has 0 heterocycles. The number of aromatic carboxylic acids is 1. The maximum atomic E-state index is 12.5. The number of carboxylic acid groups (broad SMARTS) is 1. The molecule has 0 aromatic heterocycles. The van der Waals surface area contributed by atoms with Gasteiger partial charge < -0.3 is 16.2 Å². The van der Waals surface area contributed by atoms with Crippen LogP contribution in [0.4, 0.5) is 5.69 Å². The predicted octanol–water partition coefficient (Wildman–Crippen LogP) is 2.99. The number of benzene rings is 1. The van der Waals surface area contributed by atoms with Crippen molar-refractivity contribution in [3.63, 3.8) is 0 Å². The first-order chi connectivity index (χ1) is 10.0. The number of nitrogens with two attached hydrogens (primary N) is 1. The van der Waals surface area contributed by atoms with Crippen molar-refractivity contribution < 1.29 is 14.7 Å². The first-order valence-electron chi connectivity index (χ1n) is 7.09. The number of hydrogen-bond acceptors (Lipinski definition) is 3. The lowest BCUT2D eigenvalue weighted by Gasteiger charge is -2.21. The Kier molecular flexibility index (Phi) is 5.36. The van der Waals surface area contributed by atoms with Crippen molar-refractivity contribution in [1.29, 1.82) is 0 Å². The summed E-state index contributed by atoms with van der Waals surface area (Å²) < 4.78 is 0.554. The molecule has 1 aromatic carbocycles. The van der Waals surface area contributed by atoms with E-state index in [-0.39, 0.29) is 23.4 Å². The van der Waals surface area contributed by atoms with Gasteiger partial charge >= 0.3 is 5.97 Å². The number of para-hydroxylation sites is 1. The summed E-state index contributed by atoms with van der Waals surface area (Å²) in [5.74, 6) is -1.53. The minimum absolute atomic E-state index is 0.0694. The number of carbonyl (C=O) groups excluding carboxylic acids is 1. The summed E-state index contributed by atoms with van der Waals surface area (Å²) in [6.45, 7) is 0. The molecule has 6 heteroatoms. The Hall–Kier alpha value is -1.40. The molecule has 4 N–H and O–H groups in total. The maximum Gasteiger partial charge on any atom is 0.337 e. The summed E-state index contributed by atoms with van der Waals surface area (Å²) in [7, 11) is 0. The summed E-state index contributed by atoms with van der Waals surface area (Å²) >= 11 is 3.29. The maximum absolute atomic E-state index is 12.5. The second kappa shape index (κ2) is 7.04. The van der Waals surface area contributed by atoms with Crippen LogP contribution in [0.15, 0.2) is 22.7 Å². The van der Waals surface area contributed by atoms with E-state index in [0.717, 1.165) is 32.1 Å². The van der Waals surface area contributed by atoms with Crippen LogP contribution in [0.5, 0.6) is 0 Å². The molecule has 0 radical (unpaired) electrons. The molecule has 0 bridgehead atoms. The van der Waals surface area contributed by atoms with Gasteiger partial charge in [0.25, 0.3) is 0 Å². The highest BCUT2D eigenvalue weighted by Crippen LogP contribution is 2.29. The van der Waals surface area contributed by atoms with E-state index in [2.05, 4.69) is 21.2 Å². The van der Waals surface area contributed by atoms with Crippen LogP contribution in [-0.2, 0) is 4.79 Å². The summed E-state index contributed by atoms with van der Waals surface area (Å²) in [5, 5.41) is 12.0. The van der Waals surface area contributed by atoms with Crippen LogP contribution in [0.25, 0.3) is 0 Å². The Morgan fingerprint density at radius 3 is 2.67 bits per heavy atom. The van der Waals surface area contributed by atoms with Gasteiger partial charge in [0, 0.05) is 10.5 Å². The molecule has 2 rings (SSSR count). The van der Waals surface area contributed by atoms with Gasteiger partial charge in [-0.15, -0.1) is 0 Å². The largest absolute Gasteiger partial charge is 0.478 e. The Morgan fingerprint density at radius 1 is 1.24 bits per heavy atom. The summed E-state index contributed by atoms with van der Waals surface area (Å²) in [4.78, 5) is 23.7. The highest BCUT2D eigenvalue weighted by atomic mass is 79.9. The van der Waals surface area contributed by atoms with Gasteiger partial charge in [-0.2, -0.15) is 0 Å². The summed E-state index contributed by atoms with van der Waals surface area (Å²) in [6, 6.07) is 4.63. The van der Waals surface area contributed by atoms with E-state index in [1.165, 1.54) is 6.07 Å². The number of halogens is 1. The van der Waals surface area contributed by atoms with Crippen molar-refractivity contribution in [2.24, 2.45) is 11.7 Å². The highest BCUT2D eigenvalue weighted by Gasteiger charge is 2.28. The second-order valence-electron chi connectivity index (χ2n) is 5.37. The molecule has 0 spiro atoms. The molecule has 1 fully saturated rings. The zero-order valence-electron chi connectivity index (χ0n) is 11.6. The fourth-order valence-corrected chi connectivity index (χ4v) is 3.17. The van der Waals surface area contributed by atoms with E-state index in [1.54, 1.807) is 12.1 Å². The molecule has 0 aliphatic heterocycles. The SMILES string of the molecule is NC1CCCCCC1C(=O)Nc1c(Br)cccc1C(=O)O. The number of rotatable bonds is 3. The summed E-state index contributed by atoms with van der Waals surface area (Å²) in [6.07, 6.45) is 4.69. The lowest BCUT2D eigenvalue weighted by atomic mass is 9.94. The minimum Gasteiger partial charge on any atom is -0.478 e. The van der Waals surface area contributed by atoms with Gasteiger partial charge in [-0.3, -0.25) is 4.79 Å². The van der Waals surface area contributed by atoms with Crippen LogP contribution in [0.3, 0.4) is 0 Å². The highest BCUT2D eigenvalue weighted by molar-refractivity contribution is 9.10. The molecule has 21 heavy (non-hydrogen) atoms. The number of carboxylic acids is 1. The van der Waals surface area contributed by atoms with Gasteiger partial charge in [0.05, 0.1) is 17.2 Å². The van der Waals surface area contributed by atoms with Crippen LogP contribution in [0.1, 0.15) is 42.5 Å². The van der Waals surface area contributed by atoms with Gasteiger partial charge in [0.1, 0.15) is 0 Å². The fraction of sp³-hybridized carbons (Fsp3) is 0.467. The van der Waals surface area contributed by atoms with Crippen molar-refractivity contribution in [1.82, 2.24) is 0 Å². The van der Waals surface area contributed by atoms with Crippen molar-refractivity contribution in [2.75, 3.05) is 5.32 Å². The number of amides is 1. The van der Waals surface area contributed by atoms with Crippen LogP contribution < -0.4 is 11.1 Å². The number of anilines is 1. The number of carbonyl (C=O) groups is 2. The Morgan fingerprint density at radius 2 is 1.95 bits per heavy atom. The van der Waals surface area contributed by atoms with E-state index < -0.39 is 5.97 Å². The predicted molar refractivity (Wildman–Crippen MR) is 84.3 cm³/mol. The van der Waals surface area contributed by atoms with Crippen LogP contribution in [-0.4, -0.2) is 23.0 Å². The first-order valence-corrected chi connectivity index (χ1v) is 7.88. The van der Waals surface area contributed by atoms with Crippen molar-refractivity contribution >= 4 is 33.5 Å². The number of hydrogen-bond donors (Lipinski definition) is 3. The van der Waals surface area contributed by atoms with E-state index >= 15 is 0 Å². The molecule has 2 unspecified atom stereocenters.